The molecule has 1 aromatic heterocycles. The van der Waals surface area contributed by atoms with Gasteiger partial charge in [-0.1, -0.05) is 50.2 Å². The van der Waals surface area contributed by atoms with Crippen molar-refractivity contribution in [3.63, 3.8) is 0 Å². The van der Waals surface area contributed by atoms with Crippen LogP contribution in [0.1, 0.15) is 36.3 Å². The molecule has 3 aromatic rings. The second-order valence-corrected chi connectivity index (χ2v) is 9.22. The van der Waals surface area contributed by atoms with Crippen LogP contribution >= 0.6 is 7.52 Å². The maximum atomic E-state index is 14.0. The van der Waals surface area contributed by atoms with Gasteiger partial charge in [0, 0.05) is 30.1 Å². The van der Waals surface area contributed by atoms with E-state index >= 15 is 0 Å². The molecule has 1 unspecified atom stereocenters. The molecule has 148 valence electrons. The predicted octanol–water partition coefficient (Wildman–Crippen LogP) is 5.04. The van der Waals surface area contributed by atoms with Crippen LogP contribution in [0.5, 0.6) is 0 Å². The lowest BCUT2D eigenvalue weighted by atomic mass is 9.98. The molecular formula is C23H23N2O3P. The number of nitrogens with zero attached hydrogens (tertiary/aromatic N) is 2. The summed E-state index contributed by atoms with van der Waals surface area (Å²) in [6, 6.07) is 18.7. The first kappa shape index (κ1) is 19.6. The highest BCUT2D eigenvalue weighted by Crippen LogP contribution is 2.52. The third-order valence-corrected chi connectivity index (χ3v) is 7.86. The van der Waals surface area contributed by atoms with Crippen molar-refractivity contribution in [2.75, 3.05) is 13.1 Å². The van der Waals surface area contributed by atoms with Gasteiger partial charge in [-0.2, -0.15) is 0 Å². The minimum absolute atomic E-state index is 0.0742. The van der Waals surface area contributed by atoms with Gasteiger partial charge in [0.1, 0.15) is 5.76 Å². The molecule has 5 nitrogen and oxygen atoms in total. The van der Waals surface area contributed by atoms with Crippen LogP contribution in [0.4, 0.5) is 0 Å². The third kappa shape index (κ3) is 3.64. The van der Waals surface area contributed by atoms with Gasteiger partial charge in [-0.25, -0.2) is 9.65 Å². The van der Waals surface area contributed by atoms with Gasteiger partial charge in [-0.15, -0.1) is 0 Å². The van der Waals surface area contributed by atoms with Crippen molar-refractivity contribution in [3.05, 3.63) is 77.7 Å². The lowest BCUT2D eigenvalue weighted by Gasteiger charge is -2.31. The van der Waals surface area contributed by atoms with Crippen molar-refractivity contribution in [1.82, 2.24) is 9.65 Å². The first-order valence-corrected chi connectivity index (χ1v) is 11.4. The smallest absolute Gasteiger partial charge is 0.349 e. The van der Waals surface area contributed by atoms with Crippen molar-refractivity contribution in [1.29, 1.82) is 0 Å². The van der Waals surface area contributed by atoms with Crippen LogP contribution in [0.3, 0.4) is 0 Å². The van der Waals surface area contributed by atoms with E-state index in [1.807, 2.05) is 79.2 Å². The van der Waals surface area contributed by atoms with Crippen LogP contribution in [-0.2, 0) is 9.09 Å². The number of ketones is 1. The molecule has 2 aromatic carbocycles. The van der Waals surface area contributed by atoms with Crippen LogP contribution in [-0.4, -0.2) is 28.5 Å². The van der Waals surface area contributed by atoms with E-state index in [1.54, 1.807) is 6.08 Å². The zero-order valence-electron chi connectivity index (χ0n) is 16.5. The van der Waals surface area contributed by atoms with E-state index in [0.29, 0.717) is 35.4 Å². The Hall–Kier alpha value is -2.75. The maximum absolute atomic E-state index is 14.0. The number of hydrogen-bond acceptors (Lipinski definition) is 4. The van der Waals surface area contributed by atoms with Gasteiger partial charge in [-0.05, 0) is 24.3 Å². The molecule has 0 saturated heterocycles. The summed E-state index contributed by atoms with van der Waals surface area (Å²) in [6.07, 6.45) is 1.83. The molecule has 0 saturated carbocycles. The number of benzene rings is 2. The monoisotopic (exact) mass is 406 g/mol. The van der Waals surface area contributed by atoms with Crippen LogP contribution in [0.25, 0.3) is 17.0 Å². The van der Waals surface area contributed by atoms with Crippen LogP contribution in [0, 0.1) is 0 Å². The highest BCUT2D eigenvalue weighted by Gasteiger charge is 2.36. The van der Waals surface area contributed by atoms with Crippen LogP contribution in [0.2, 0.25) is 0 Å². The molecule has 0 N–H and O–H groups in total. The molecule has 4 rings (SSSR count). The second-order valence-electron chi connectivity index (χ2n) is 6.91. The number of pyridine rings is 1. The van der Waals surface area contributed by atoms with Crippen molar-refractivity contribution < 1.29 is 13.9 Å². The molecule has 0 fully saturated rings. The Labute approximate surface area is 170 Å². The van der Waals surface area contributed by atoms with E-state index < -0.39 is 7.52 Å². The Bertz CT molecular complexity index is 1140. The van der Waals surface area contributed by atoms with Crippen molar-refractivity contribution in [3.8, 4) is 0 Å². The molecule has 0 radical (unpaired) electrons. The first-order chi connectivity index (χ1) is 14.0. The number of para-hydroxylation sites is 1. The fraction of sp³-hybridized carbons (Fsp3) is 0.217. The average molecular weight is 406 g/mol. The number of rotatable bonds is 6. The van der Waals surface area contributed by atoms with Crippen molar-refractivity contribution in [2.24, 2.45) is 0 Å². The fourth-order valence-electron chi connectivity index (χ4n) is 3.62. The summed E-state index contributed by atoms with van der Waals surface area (Å²) in [7, 11) is -3.35. The van der Waals surface area contributed by atoms with Crippen molar-refractivity contribution in [2.45, 2.75) is 20.3 Å². The number of Topliss-reactive ketones (excluding diaryl/α,β-unsaturated/α-hetero) is 1. The number of fused-ring (bicyclic) bond motifs is 2. The minimum atomic E-state index is -3.35. The Balaban J connectivity index is 1.77. The fourth-order valence-corrected chi connectivity index (χ4v) is 5.90. The van der Waals surface area contributed by atoms with Gasteiger partial charge in [-0.3, -0.25) is 9.36 Å². The molecule has 0 amide bonds. The lowest BCUT2D eigenvalue weighted by Crippen LogP contribution is -2.28. The number of allylic oxidation sites excluding steroid dienone is 1. The summed E-state index contributed by atoms with van der Waals surface area (Å²) >= 11 is 0. The average Bonchev–Trinajstić information content (AvgIpc) is 2.74. The zero-order valence-corrected chi connectivity index (χ0v) is 17.4. The van der Waals surface area contributed by atoms with Gasteiger partial charge in [0.05, 0.1) is 22.9 Å². The SMILES string of the molecule is CCN(CC)P(=O)(OC1=Cc2nc3ccccc3cc2C(=O)C1)c1ccccc1. The highest BCUT2D eigenvalue weighted by atomic mass is 31.2. The Morgan fingerprint density at radius 2 is 1.72 bits per heavy atom. The van der Waals surface area contributed by atoms with Crippen molar-refractivity contribution >= 4 is 35.6 Å². The van der Waals surface area contributed by atoms with E-state index in [2.05, 4.69) is 4.98 Å². The number of carbonyl (C=O) groups excluding carboxylic acids is 1. The number of carbonyl (C=O) groups is 1. The summed E-state index contributed by atoms with van der Waals surface area (Å²) in [6.45, 7) is 5.05. The number of hydrogen-bond donors (Lipinski definition) is 0. The summed E-state index contributed by atoms with van der Waals surface area (Å²) in [4.78, 5) is 17.4. The maximum Gasteiger partial charge on any atom is 0.349 e. The van der Waals surface area contributed by atoms with Gasteiger partial charge in [0.2, 0.25) is 0 Å². The molecule has 1 heterocycles. The Morgan fingerprint density at radius 3 is 2.45 bits per heavy atom. The second kappa shape index (κ2) is 7.94. The van der Waals surface area contributed by atoms with Crippen LogP contribution in [0.15, 0.2) is 66.4 Å². The van der Waals surface area contributed by atoms with E-state index in [1.165, 1.54) is 0 Å². The summed E-state index contributed by atoms with van der Waals surface area (Å²) in [5, 5.41) is 1.55. The molecule has 0 bridgehead atoms. The van der Waals surface area contributed by atoms with Gasteiger partial charge < -0.3 is 4.52 Å². The molecule has 6 heteroatoms. The molecular weight excluding hydrogens is 383 g/mol. The standard InChI is InChI=1S/C23H23N2O3P/c1-3-25(4-2)29(27,19-11-6-5-7-12-19)28-18-15-22-20(23(26)16-18)14-17-10-8-9-13-21(17)24-22/h5-15H,3-4,16H2,1-2H3. The largest absolute Gasteiger partial charge is 0.433 e. The Morgan fingerprint density at radius 1 is 1.03 bits per heavy atom. The van der Waals surface area contributed by atoms with Gasteiger partial charge >= 0.3 is 7.52 Å². The highest BCUT2D eigenvalue weighted by molar-refractivity contribution is 7.64. The van der Waals surface area contributed by atoms with E-state index in [0.717, 1.165) is 10.9 Å². The van der Waals surface area contributed by atoms with Gasteiger partial charge in [0.15, 0.2) is 5.78 Å². The summed E-state index contributed by atoms with van der Waals surface area (Å²) in [5.74, 6) is 0.319. The molecule has 1 aliphatic rings. The van der Waals surface area contributed by atoms with E-state index in [9.17, 15) is 9.36 Å². The molecule has 1 aliphatic carbocycles. The quantitative estimate of drug-likeness (QED) is 0.537. The van der Waals surface area contributed by atoms with Crippen LogP contribution < -0.4 is 5.30 Å². The molecule has 29 heavy (non-hydrogen) atoms. The summed E-state index contributed by atoms with van der Waals surface area (Å²) in [5.41, 5.74) is 1.95. The minimum Gasteiger partial charge on any atom is -0.433 e. The molecule has 0 spiro atoms. The van der Waals surface area contributed by atoms with Gasteiger partial charge in [0.25, 0.3) is 0 Å². The Kier molecular flexibility index (Phi) is 5.35. The zero-order chi connectivity index (χ0) is 20.4. The molecule has 1 atom stereocenters. The van der Waals surface area contributed by atoms with E-state index in [4.69, 9.17) is 4.52 Å². The predicted molar refractivity (Wildman–Crippen MR) is 116 cm³/mol. The summed E-state index contributed by atoms with van der Waals surface area (Å²) < 4.78 is 22.0. The molecule has 0 aliphatic heterocycles. The van der Waals surface area contributed by atoms with E-state index in [-0.39, 0.29) is 12.2 Å². The topological polar surface area (TPSA) is 59.5 Å². The normalized spacial score (nSPS) is 15.7. The first-order valence-electron chi connectivity index (χ1n) is 9.79. The number of aromatic nitrogens is 1. The lowest BCUT2D eigenvalue weighted by molar-refractivity contribution is 0.0980. The third-order valence-electron chi connectivity index (χ3n) is 5.11.